The molecule has 0 bridgehead atoms. The first kappa shape index (κ1) is 16.3. The second kappa shape index (κ2) is 7.40. The fraction of sp³-hybridized carbons (Fsp3) is 0.409. The molecule has 0 N–H and O–H groups in total. The number of nitrogens with zero attached hydrogens (tertiary/aromatic N) is 3. The van der Waals surface area contributed by atoms with E-state index in [1.165, 1.54) is 55.8 Å². The molecule has 1 unspecified atom stereocenters. The van der Waals surface area contributed by atoms with E-state index < -0.39 is 0 Å². The minimum atomic E-state index is 0.301. The van der Waals surface area contributed by atoms with E-state index in [1.807, 2.05) is 0 Å². The molecule has 0 saturated carbocycles. The Morgan fingerprint density at radius 2 is 1.68 bits per heavy atom. The zero-order valence-corrected chi connectivity index (χ0v) is 15.1. The average Bonchev–Trinajstić information content (AvgIpc) is 3.29. The van der Waals surface area contributed by atoms with Gasteiger partial charge in [-0.25, -0.2) is 4.98 Å². The van der Waals surface area contributed by atoms with Crippen LogP contribution in [-0.2, 0) is 6.42 Å². The van der Waals surface area contributed by atoms with Crippen LogP contribution in [0.5, 0.6) is 0 Å². The van der Waals surface area contributed by atoms with Crippen LogP contribution in [0.1, 0.15) is 43.6 Å². The number of rotatable bonds is 6. The van der Waals surface area contributed by atoms with Gasteiger partial charge < -0.3 is 9.47 Å². The predicted molar refractivity (Wildman–Crippen MR) is 104 cm³/mol. The van der Waals surface area contributed by atoms with Crippen LogP contribution in [-0.4, -0.2) is 34.1 Å². The summed E-state index contributed by atoms with van der Waals surface area (Å²) in [7, 11) is 0. The molecule has 2 heterocycles. The van der Waals surface area contributed by atoms with Crippen LogP contribution < -0.4 is 0 Å². The molecule has 1 aliphatic heterocycles. The number of hydrogen-bond donors (Lipinski definition) is 0. The highest BCUT2D eigenvalue weighted by molar-refractivity contribution is 5.76. The second-order valence-electron chi connectivity index (χ2n) is 7.13. The van der Waals surface area contributed by atoms with Crippen LogP contribution in [0.3, 0.4) is 0 Å². The Hall–Kier alpha value is -2.13. The molecule has 1 atom stereocenters. The van der Waals surface area contributed by atoms with Gasteiger partial charge in [0.25, 0.3) is 0 Å². The van der Waals surface area contributed by atoms with Gasteiger partial charge in [-0.2, -0.15) is 0 Å². The van der Waals surface area contributed by atoms with E-state index in [9.17, 15) is 0 Å². The molecule has 1 saturated heterocycles. The molecule has 3 heteroatoms. The van der Waals surface area contributed by atoms with Gasteiger partial charge in [0.05, 0.1) is 17.1 Å². The van der Waals surface area contributed by atoms with Crippen molar-refractivity contribution in [1.29, 1.82) is 0 Å². The van der Waals surface area contributed by atoms with E-state index >= 15 is 0 Å². The standard InChI is InChI=1S/C22H27N3/c1-18(19-10-3-2-4-11-19)25-21-13-6-5-12-20(21)23-22(25)14-9-17-24-15-7-8-16-24/h2-6,10-13,18H,7-9,14-17H2,1H3. The minimum absolute atomic E-state index is 0.301. The molecule has 0 spiro atoms. The number of imidazole rings is 1. The number of fused-ring (bicyclic) bond motifs is 1. The van der Waals surface area contributed by atoms with Crippen LogP contribution in [0.4, 0.5) is 0 Å². The van der Waals surface area contributed by atoms with Crippen LogP contribution in [0, 0.1) is 0 Å². The van der Waals surface area contributed by atoms with Gasteiger partial charge in [0, 0.05) is 6.42 Å². The first-order chi connectivity index (χ1) is 12.3. The van der Waals surface area contributed by atoms with Crippen LogP contribution in [0.15, 0.2) is 54.6 Å². The molecule has 1 aromatic heterocycles. The fourth-order valence-corrected chi connectivity index (χ4v) is 4.05. The van der Waals surface area contributed by atoms with Crippen molar-refractivity contribution in [2.24, 2.45) is 0 Å². The molecule has 25 heavy (non-hydrogen) atoms. The Labute approximate surface area is 150 Å². The van der Waals surface area contributed by atoms with E-state index in [2.05, 4.69) is 71.0 Å². The normalized spacial score (nSPS) is 16.5. The Bertz CT molecular complexity index is 816. The third-order valence-electron chi connectivity index (χ3n) is 5.41. The van der Waals surface area contributed by atoms with Crippen LogP contribution in [0.25, 0.3) is 11.0 Å². The molecule has 0 amide bonds. The van der Waals surface area contributed by atoms with Gasteiger partial charge >= 0.3 is 0 Å². The lowest BCUT2D eigenvalue weighted by molar-refractivity contribution is 0.332. The van der Waals surface area contributed by atoms with Gasteiger partial charge in [-0.1, -0.05) is 42.5 Å². The van der Waals surface area contributed by atoms with E-state index in [4.69, 9.17) is 4.98 Å². The van der Waals surface area contributed by atoms with Gasteiger partial charge in [0.2, 0.25) is 0 Å². The third kappa shape index (κ3) is 3.47. The number of hydrogen-bond acceptors (Lipinski definition) is 2. The summed E-state index contributed by atoms with van der Waals surface area (Å²) in [5.41, 5.74) is 3.70. The van der Waals surface area contributed by atoms with Gasteiger partial charge in [0.1, 0.15) is 5.82 Å². The van der Waals surface area contributed by atoms with E-state index in [0.29, 0.717) is 6.04 Å². The highest BCUT2D eigenvalue weighted by atomic mass is 15.1. The SMILES string of the molecule is CC(c1ccccc1)n1c(CCCN2CCCC2)nc2ccccc21. The number of para-hydroxylation sites is 2. The molecule has 130 valence electrons. The van der Waals surface area contributed by atoms with Crippen molar-refractivity contribution >= 4 is 11.0 Å². The summed E-state index contributed by atoms with van der Waals surface area (Å²) >= 11 is 0. The van der Waals surface area contributed by atoms with E-state index in [-0.39, 0.29) is 0 Å². The monoisotopic (exact) mass is 333 g/mol. The van der Waals surface area contributed by atoms with Gasteiger partial charge in [-0.3, -0.25) is 0 Å². The summed E-state index contributed by atoms with van der Waals surface area (Å²) in [5, 5.41) is 0. The Balaban J connectivity index is 1.61. The molecule has 4 rings (SSSR count). The Kier molecular flexibility index (Phi) is 4.84. The minimum Gasteiger partial charge on any atom is -0.321 e. The molecule has 0 aliphatic carbocycles. The van der Waals surface area contributed by atoms with E-state index in [1.54, 1.807) is 0 Å². The molecular weight excluding hydrogens is 306 g/mol. The number of benzene rings is 2. The summed E-state index contributed by atoms with van der Waals surface area (Å²) in [6, 6.07) is 19.6. The lowest BCUT2D eigenvalue weighted by Gasteiger charge is -2.19. The maximum atomic E-state index is 4.97. The number of aryl methyl sites for hydroxylation is 1. The van der Waals surface area contributed by atoms with Crippen molar-refractivity contribution in [3.63, 3.8) is 0 Å². The van der Waals surface area contributed by atoms with Crippen molar-refractivity contribution < 1.29 is 0 Å². The van der Waals surface area contributed by atoms with Gasteiger partial charge in [-0.05, 0) is 63.5 Å². The first-order valence-corrected chi connectivity index (χ1v) is 9.56. The molecule has 1 fully saturated rings. The van der Waals surface area contributed by atoms with Crippen molar-refractivity contribution in [1.82, 2.24) is 14.5 Å². The Morgan fingerprint density at radius 1 is 0.960 bits per heavy atom. The summed E-state index contributed by atoms with van der Waals surface area (Å²) in [5.74, 6) is 1.22. The van der Waals surface area contributed by atoms with E-state index in [0.717, 1.165) is 11.9 Å². The Morgan fingerprint density at radius 3 is 2.48 bits per heavy atom. The van der Waals surface area contributed by atoms with Crippen LogP contribution >= 0.6 is 0 Å². The second-order valence-corrected chi connectivity index (χ2v) is 7.13. The van der Waals surface area contributed by atoms with Crippen LogP contribution in [0.2, 0.25) is 0 Å². The summed E-state index contributed by atoms with van der Waals surface area (Å²) in [4.78, 5) is 7.56. The van der Waals surface area contributed by atoms with Crippen molar-refractivity contribution in [3.8, 4) is 0 Å². The summed E-state index contributed by atoms with van der Waals surface area (Å²) < 4.78 is 2.44. The number of likely N-dealkylation sites (tertiary alicyclic amines) is 1. The largest absolute Gasteiger partial charge is 0.321 e. The molecule has 1 aliphatic rings. The maximum Gasteiger partial charge on any atom is 0.110 e. The van der Waals surface area contributed by atoms with Crippen molar-refractivity contribution in [2.45, 2.75) is 38.6 Å². The topological polar surface area (TPSA) is 21.1 Å². The lowest BCUT2D eigenvalue weighted by Crippen LogP contribution is -2.21. The van der Waals surface area contributed by atoms with Crippen molar-refractivity contribution in [3.05, 3.63) is 66.0 Å². The summed E-state index contributed by atoms with van der Waals surface area (Å²) in [6.07, 6.45) is 4.96. The third-order valence-corrected chi connectivity index (χ3v) is 5.41. The first-order valence-electron chi connectivity index (χ1n) is 9.56. The maximum absolute atomic E-state index is 4.97. The number of aromatic nitrogens is 2. The molecule has 3 aromatic rings. The summed E-state index contributed by atoms with van der Waals surface area (Å²) in [6.45, 7) is 6.03. The van der Waals surface area contributed by atoms with Gasteiger partial charge in [-0.15, -0.1) is 0 Å². The van der Waals surface area contributed by atoms with Gasteiger partial charge in [0.15, 0.2) is 0 Å². The highest BCUT2D eigenvalue weighted by Gasteiger charge is 2.17. The average molecular weight is 333 g/mol. The smallest absolute Gasteiger partial charge is 0.110 e. The zero-order valence-electron chi connectivity index (χ0n) is 15.1. The lowest BCUT2D eigenvalue weighted by atomic mass is 10.1. The zero-order chi connectivity index (χ0) is 17.1. The molecule has 0 radical (unpaired) electrons. The fourth-order valence-electron chi connectivity index (χ4n) is 4.05. The molecule has 2 aromatic carbocycles. The van der Waals surface area contributed by atoms with Crippen molar-refractivity contribution in [2.75, 3.05) is 19.6 Å². The molecular formula is C22H27N3. The molecule has 3 nitrogen and oxygen atoms in total. The predicted octanol–water partition coefficient (Wildman–Crippen LogP) is 4.67. The highest BCUT2D eigenvalue weighted by Crippen LogP contribution is 2.26. The quantitative estimate of drug-likeness (QED) is 0.653.